The van der Waals surface area contributed by atoms with Crippen molar-refractivity contribution in [1.29, 1.82) is 0 Å². The summed E-state index contributed by atoms with van der Waals surface area (Å²) in [5.74, 6) is 0. The van der Waals surface area contributed by atoms with Crippen LogP contribution in [0, 0.1) is 0 Å². The maximum atomic E-state index is 12.5. The van der Waals surface area contributed by atoms with Crippen molar-refractivity contribution < 1.29 is 8.78 Å². The highest BCUT2D eigenvalue weighted by molar-refractivity contribution is 7.99. The van der Waals surface area contributed by atoms with Gasteiger partial charge >= 0.3 is 0 Å². The van der Waals surface area contributed by atoms with Crippen LogP contribution in [0.3, 0.4) is 0 Å². The van der Waals surface area contributed by atoms with Crippen molar-refractivity contribution in [3.63, 3.8) is 0 Å². The second-order valence-electron chi connectivity index (χ2n) is 4.33. The summed E-state index contributed by atoms with van der Waals surface area (Å²) in [4.78, 5) is 1.88. The average Bonchev–Trinajstić information content (AvgIpc) is 2.41. The van der Waals surface area contributed by atoms with E-state index in [0.29, 0.717) is 5.02 Å². The highest BCUT2D eigenvalue weighted by atomic mass is 35.5. The molecule has 0 aliphatic rings. The Bertz CT molecular complexity index is 560. The van der Waals surface area contributed by atoms with Gasteiger partial charge in [0.25, 0.3) is 0 Å². The molecule has 0 saturated heterocycles. The number of halogens is 3. The van der Waals surface area contributed by atoms with Gasteiger partial charge in [-0.3, -0.25) is 0 Å². The fourth-order valence-corrected chi connectivity index (χ4v) is 2.96. The van der Waals surface area contributed by atoms with Gasteiger partial charge in [-0.15, -0.1) is 0 Å². The number of hydrogen-bond acceptors (Lipinski definition) is 2. The van der Waals surface area contributed by atoms with Crippen LogP contribution in [0.25, 0.3) is 0 Å². The molecule has 0 fully saturated rings. The Morgan fingerprint density at radius 1 is 1.05 bits per heavy atom. The van der Waals surface area contributed by atoms with Crippen LogP contribution >= 0.6 is 23.4 Å². The van der Waals surface area contributed by atoms with E-state index in [1.54, 1.807) is 18.2 Å². The predicted molar refractivity (Wildman–Crippen MR) is 79.6 cm³/mol. The summed E-state index contributed by atoms with van der Waals surface area (Å²) in [5, 5.41) is 0.664. The van der Waals surface area contributed by atoms with E-state index in [9.17, 15) is 8.78 Å². The van der Waals surface area contributed by atoms with Gasteiger partial charge in [0.15, 0.2) is 0 Å². The molecule has 2 aromatic rings. The molecular formula is C15H14ClF2NS. The number of rotatable bonds is 5. The minimum absolute atomic E-state index is 0.335. The summed E-state index contributed by atoms with van der Waals surface area (Å²) in [6.07, 6.45) is -2.74. The molecule has 2 rings (SSSR count). The maximum Gasteiger partial charge on any atom is 0.240 e. The Balaban J connectivity index is 2.21. The highest BCUT2D eigenvalue weighted by Crippen LogP contribution is 2.34. The van der Waals surface area contributed by atoms with Crippen molar-refractivity contribution in [3.05, 3.63) is 59.1 Å². The first-order chi connectivity index (χ1) is 9.56. The molecule has 0 aliphatic carbocycles. The molecule has 2 aromatic carbocycles. The minimum atomic E-state index is -2.40. The number of benzene rings is 2. The number of alkyl halides is 2. The Hall–Kier alpha value is -1.10. The topological polar surface area (TPSA) is 26.0 Å². The first-order valence-electron chi connectivity index (χ1n) is 6.12. The van der Waals surface area contributed by atoms with Crippen molar-refractivity contribution in [2.75, 3.05) is 0 Å². The Morgan fingerprint density at radius 3 is 2.35 bits per heavy atom. The molecule has 0 aromatic heterocycles. The van der Waals surface area contributed by atoms with Gasteiger partial charge < -0.3 is 5.73 Å². The molecule has 0 amide bonds. The first-order valence-corrected chi connectivity index (χ1v) is 7.32. The summed E-state index contributed by atoms with van der Waals surface area (Å²) < 4.78 is 24.9. The molecule has 2 N–H and O–H groups in total. The molecular weight excluding hydrogens is 300 g/mol. The lowest BCUT2D eigenvalue weighted by atomic mass is 10.1. The third-order valence-electron chi connectivity index (χ3n) is 2.79. The zero-order chi connectivity index (χ0) is 14.5. The van der Waals surface area contributed by atoms with Crippen LogP contribution < -0.4 is 5.73 Å². The smallest absolute Gasteiger partial charge is 0.240 e. The van der Waals surface area contributed by atoms with E-state index >= 15 is 0 Å². The maximum absolute atomic E-state index is 12.5. The largest absolute Gasteiger partial charge is 0.324 e. The van der Waals surface area contributed by atoms with Gasteiger partial charge in [0.2, 0.25) is 6.43 Å². The van der Waals surface area contributed by atoms with E-state index in [1.165, 1.54) is 11.8 Å². The van der Waals surface area contributed by atoms with E-state index in [0.717, 1.165) is 15.4 Å². The van der Waals surface area contributed by atoms with Gasteiger partial charge in [-0.2, -0.15) is 0 Å². The predicted octanol–water partition coefficient (Wildman–Crippen LogP) is 5.15. The summed E-state index contributed by atoms with van der Waals surface area (Å²) in [6.45, 7) is 0. The lowest BCUT2D eigenvalue weighted by molar-refractivity contribution is 0.128. The molecule has 0 bridgehead atoms. The van der Waals surface area contributed by atoms with Crippen LogP contribution in [0.1, 0.15) is 18.0 Å². The first kappa shape index (κ1) is 15.3. The quantitative estimate of drug-likeness (QED) is 0.826. The molecule has 0 aliphatic heterocycles. The van der Waals surface area contributed by atoms with Gasteiger partial charge in [-0.25, -0.2) is 8.78 Å². The average molecular weight is 314 g/mol. The van der Waals surface area contributed by atoms with E-state index < -0.39 is 12.5 Å². The third-order valence-corrected chi connectivity index (χ3v) is 4.14. The Labute approximate surface area is 126 Å². The van der Waals surface area contributed by atoms with Crippen molar-refractivity contribution in [2.45, 2.75) is 28.7 Å². The van der Waals surface area contributed by atoms with Crippen molar-refractivity contribution in [1.82, 2.24) is 0 Å². The lowest BCUT2D eigenvalue weighted by Crippen LogP contribution is -2.14. The van der Waals surface area contributed by atoms with Crippen LogP contribution in [0.2, 0.25) is 5.02 Å². The zero-order valence-electron chi connectivity index (χ0n) is 10.6. The fourth-order valence-electron chi connectivity index (χ4n) is 1.83. The van der Waals surface area contributed by atoms with Gasteiger partial charge in [-0.05, 0) is 35.9 Å². The lowest BCUT2D eigenvalue weighted by Gasteiger charge is -2.15. The van der Waals surface area contributed by atoms with Crippen molar-refractivity contribution in [2.24, 2.45) is 5.73 Å². The van der Waals surface area contributed by atoms with Crippen LogP contribution in [0.5, 0.6) is 0 Å². The molecule has 106 valence electrons. The second-order valence-corrected chi connectivity index (χ2v) is 5.88. The van der Waals surface area contributed by atoms with Gasteiger partial charge in [0.05, 0.1) is 0 Å². The summed E-state index contributed by atoms with van der Waals surface area (Å²) in [6, 6.07) is 14.1. The van der Waals surface area contributed by atoms with E-state index in [-0.39, 0.29) is 6.42 Å². The standard InChI is InChI=1S/C15H14ClF2NS/c16-10-5-7-11(8-6-10)20-14-4-2-1-3-12(14)13(19)9-15(17)18/h1-8,13,15H,9,19H2/t13-/m1/s1. The molecule has 0 spiro atoms. The van der Waals surface area contributed by atoms with Crippen molar-refractivity contribution in [3.8, 4) is 0 Å². The fraction of sp³-hybridized carbons (Fsp3) is 0.200. The van der Waals surface area contributed by atoms with E-state index in [4.69, 9.17) is 17.3 Å². The van der Waals surface area contributed by atoms with Crippen LogP contribution in [0.15, 0.2) is 58.3 Å². The third kappa shape index (κ3) is 4.20. The SMILES string of the molecule is N[C@H](CC(F)F)c1ccccc1Sc1ccc(Cl)cc1. The van der Waals surface area contributed by atoms with Gasteiger partial charge in [-0.1, -0.05) is 41.6 Å². The Kier molecular flexibility index (Phi) is 5.40. The summed E-state index contributed by atoms with van der Waals surface area (Å²) >= 11 is 7.34. The molecule has 1 nitrogen and oxygen atoms in total. The molecule has 1 atom stereocenters. The Morgan fingerprint density at radius 2 is 1.70 bits per heavy atom. The number of nitrogens with two attached hydrogens (primary N) is 1. The molecule has 0 heterocycles. The molecule has 0 radical (unpaired) electrons. The van der Waals surface area contributed by atoms with E-state index in [1.807, 2.05) is 30.3 Å². The van der Waals surface area contributed by atoms with E-state index in [2.05, 4.69) is 0 Å². The summed E-state index contributed by atoms with van der Waals surface area (Å²) in [7, 11) is 0. The summed E-state index contributed by atoms with van der Waals surface area (Å²) in [5.41, 5.74) is 6.60. The van der Waals surface area contributed by atoms with Gasteiger partial charge in [0, 0.05) is 27.3 Å². The second kappa shape index (κ2) is 7.07. The number of hydrogen-bond donors (Lipinski definition) is 1. The molecule has 5 heteroatoms. The zero-order valence-corrected chi connectivity index (χ0v) is 12.2. The minimum Gasteiger partial charge on any atom is -0.324 e. The van der Waals surface area contributed by atoms with Crippen LogP contribution in [-0.4, -0.2) is 6.43 Å². The van der Waals surface area contributed by atoms with Crippen LogP contribution in [0.4, 0.5) is 8.78 Å². The van der Waals surface area contributed by atoms with Gasteiger partial charge in [0.1, 0.15) is 0 Å². The van der Waals surface area contributed by atoms with Crippen molar-refractivity contribution >= 4 is 23.4 Å². The monoisotopic (exact) mass is 313 g/mol. The highest BCUT2D eigenvalue weighted by Gasteiger charge is 2.16. The normalized spacial score (nSPS) is 12.7. The molecule has 0 saturated carbocycles. The molecule has 20 heavy (non-hydrogen) atoms. The van der Waals surface area contributed by atoms with Crippen LogP contribution in [-0.2, 0) is 0 Å². The molecule has 0 unspecified atom stereocenters.